The number of nitrogens with zero attached hydrogens (tertiary/aromatic N) is 2. The largest absolute Gasteiger partial charge is 0.502 e. The number of nitrogens with one attached hydrogen (secondary N) is 1. The highest BCUT2D eigenvalue weighted by atomic mass is 19.1. The molecule has 0 radical (unpaired) electrons. The van der Waals surface area contributed by atoms with Gasteiger partial charge in [0.15, 0.2) is 11.5 Å². The van der Waals surface area contributed by atoms with Crippen LogP contribution in [0.4, 0.5) is 4.39 Å². The highest BCUT2D eigenvalue weighted by Crippen LogP contribution is 2.45. The Bertz CT molecular complexity index is 1280. The summed E-state index contributed by atoms with van der Waals surface area (Å²) in [6, 6.07) is 8.78. The van der Waals surface area contributed by atoms with E-state index in [0.29, 0.717) is 22.3 Å². The fourth-order valence-electron chi connectivity index (χ4n) is 3.98. The molecule has 0 atom stereocenters. The van der Waals surface area contributed by atoms with E-state index in [1.165, 1.54) is 14.2 Å². The van der Waals surface area contributed by atoms with E-state index in [0.717, 1.165) is 23.0 Å². The van der Waals surface area contributed by atoms with E-state index in [4.69, 9.17) is 9.47 Å². The minimum Gasteiger partial charge on any atom is -0.502 e. The summed E-state index contributed by atoms with van der Waals surface area (Å²) in [6.07, 6.45) is 6.23. The molecule has 0 saturated heterocycles. The molecule has 0 spiro atoms. The summed E-state index contributed by atoms with van der Waals surface area (Å²) in [5.41, 5.74) is 4.46. The first-order chi connectivity index (χ1) is 16.4. The smallest absolute Gasteiger partial charge is 0.224 e. The number of halogens is 1. The van der Waals surface area contributed by atoms with Gasteiger partial charge in [-0.15, -0.1) is 0 Å². The highest BCUT2D eigenvalue weighted by Gasteiger charge is 2.28. The van der Waals surface area contributed by atoms with Crippen LogP contribution in [-0.2, 0) is 11.3 Å². The van der Waals surface area contributed by atoms with E-state index in [1.807, 2.05) is 25.1 Å². The number of carbonyl (C=O) groups excluding carboxylic acids is 1. The van der Waals surface area contributed by atoms with Crippen LogP contribution in [0.3, 0.4) is 0 Å². The zero-order valence-electron chi connectivity index (χ0n) is 19.1. The van der Waals surface area contributed by atoms with Gasteiger partial charge in [0.2, 0.25) is 11.7 Å². The van der Waals surface area contributed by atoms with E-state index in [2.05, 4.69) is 15.3 Å². The number of methoxy groups -OCH3 is 2. The number of phenolic OH excluding ortho intramolecular Hbond substituents is 1. The number of carbonyl (C=O) groups is 1. The topological polar surface area (TPSA) is 93.6 Å². The summed E-state index contributed by atoms with van der Waals surface area (Å²) in [6.45, 7) is 2.13. The number of benzene rings is 1. The molecule has 1 aliphatic carbocycles. The van der Waals surface area contributed by atoms with E-state index in [-0.39, 0.29) is 36.1 Å². The van der Waals surface area contributed by atoms with Crippen molar-refractivity contribution in [2.75, 3.05) is 14.2 Å². The van der Waals surface area contributed by atoms with Crippen LogP contribution < -0.4 is 14.8 Å². The van der Waals surface area contributed by atoms with Gasteiger partial charge in [-0.2, -0.15) is 0 Å². The second kappa shape index (κ2) is 9.74. The number of aromatic hydroxyl groups is 1. The van der Waals surface area contributed by atoms with Crippen molar-refractivity contribution < 1.29 is 23.8 Å². The molecule has 3 aromatic rings. The Morgan fingerprint density at radius 1 is 1.18 bits per heavy atom. The number of fused-ring (bicyclic) bond motifs is 1. The predicted molar refractivity (Wildman–Crippen MR) is 127 cm³/mol. The molecule has 2 heterocycles. The maximum absolute atomic E-state index is 14.9. The molecule has 1 aliphatic rings. The fraction of sp³-hybridized carbons (Fsp3) is 0.192. The lowest BCUT2D eigenvalue weighted by atomic mass is 10.0. The van der Waals surface area contributed by atoms with Gasteiger partial charge in [0.1, 0.15) is 5.82 Å². The second-order valence-electron chi connectivity index (χ2n) is 7.75. The number of aromatic nitrogens is 2. The molecule has 174 valence electrons. The third kappa shape index (κ3) is 4.47. The summed E-state index contributed by atoms with van der Waals surface area (Å²) in [7, 11) is 2.89. The van der Waals surface area contributed by atoms with Gasteiger partial charge in [-0.3, -0.25) is 14.8 Å². The average Bonchev–Trinajstić information content (AvgIpc) is 3.11. The molecule has 0 unspecified atom stereocenters. The fourth-order valence-corrected chi connectivity index (χ4v) is 3.98. The Hall–Kier alpha value is -4.20. The van der Waals surface area contributed by atoms with Crippen molar-refractivity contribution in [3.63, 3.8) is 0 Å². The molecular formula is C26H24FN3O4. The van der Waals surface area contributed by atoms with Crippen LogP contribution >= 0.6 is 0 Å². The van der Waals surface area contributed by atoms with Crippen molar-refractivity contribution in [1.29, 1.82) is 0 Å². The Labute approximate surface area is 196 Å². The van der Waals surface area contributed by atoms with E-state index >= 15 is 0 Å². The Balaban J connectivity index is 1.69. The maximum Gasteiger partial charge on any atom is 0.224 e. The quantitative estimate of drug-likeness (QED) is 0.543. The summed E-state index contributed by atoms with van der Waals surface area (Å²) in [5.74, 6) is -0.343. The SMILES string of the molecule is COc1cc(/C=C2/C(C)=C(CC(=O)NCc3ccccn3)c3c(F)cncc32)cc(OC)c1O. The zero-order valence-corrected chi connectivity index (χ0v) is 19.1. The lowest BCUT2D eigenvalue weighted by molar-refractivity contribution is -0.120. The molecule has 0 saturated carbocycles. The number of amides is 1. The highest BCUT2D eigenvalue weighted by molar-refractivity contribution is 6.08. The van der Waals surface area contributed by atoms with Gasteiger partial charge in [-0.25, -0.2) is 4.39 Å². The lowest BCUT2D eigenvalue weighted by Crippen LogP contribution is -2.23. The predicted octanol–water partition coefficient (Wildman–Crippen LogP) is 4.37. The van der Waals surface area contributed by atoms with Crippen LogP contribution in [-0.4, -0.2) is 35.2 Å². The molecule has 1 aromatic carbocycles. The minimum atomic E-state index is -0.492. The molecule has 7 nitrogen and oxygen atoms in total. The molecule has 2 aromatic heterocycles. The van der Waals surface area contributed by atoms with Gasteiger partial charge in [-0.1, -0.05) is 6.07 Å². The normalized spacial score (nSPS) is 13.7. The molecule has 8 heteroatoms. The van der Waals surface area contributed by atoms with Crippen molar-refractivity contribution in [3.8, 4) is 17.2 Å². The van der Waals surface area contributed by atoms with Gasteiger partial charge in [0, 0.05) is 23.5 Å². The van der Waals surface area contributed by atoms with Gasteiger partial charge >= 0.3 is 0 Å². The second-order valence-corrected chi connectivity index (χ2v) is 7.75. The number of allylic oxidation sites excluding steroid dienone is 2. The molecule has 0 fully saturated rings. The van der Waals surface area contributed by atoms with Crippen molar-refractivity contribution in [2.45, 2.75) is 19.9 Å². The van der Waals surface area contributed by atoms with Crippen molar-refractivity contribution in [3.05, 3.63) is 82.7 Å². The minimum absolute atomic E-state index is 0.00611. The van der Waals surface area contributed by atoms with Gasteiger partial charge in [0.25, 0.3) is 0 Å². The standard InChI is InChI=1S/C26H24FN3O4/c1-15-18(8-16-9-22(33-2)26(32)23(10-16)34-3)20-13-28-14-21(27)25(20)19(15)11-24(31)30-12-17-6-4-5-7-29-17/h4-10,13-14,32H,11-12H2,1-3H3,(H,30,31)/b18-8-. The van der Waals surface area contributed by atoms with Gasteiger partial charge in [0.05, 0.1) is 39.1 Å². The third-order valence-corrected chi connectivity index (χ3v) is 5.69. The van der Waals surface area contributed by atoms with Gasteiger partial charge < -0.3 is 19.9 Å². The monoisotopic (exact) mass is 461 g/mol. The number of pyridine rings is 2. The van der Waals surface area contributed by atoms with Gasteiger partial charge in [-0.05, 0) is 59.5 Å². The van der Waals surface area contributed by atoms with E-state index in [9.17, 15) is 14.3 Å². The van der Waals surface area contributed by atoms with Crippen LogP contribution in [0.5, 0.6) is 17.2 Å². The Kier molecular flexibility index (Phi) is 6.58. The average molecular weight is 461 g/mol. The van der Waals surface area contributed by atoms with Crippen molar-refractivity contribution >= 4 is 23.1 Å². The first kappa shape index (κ1) is 23.0. The van der Waals surface area contributed by atoms with Crippen LogP contribution in [0.15, 0.2) is 54.5 Å². The molecule has 34 heavy (non-hydrogen) atoms. The molecule has 0 aliphatic heterocycles. The first-order valence-corrected chi connectivity index (χ1v) is 10.6. The summed E-state index contributed by atoms with van der Waals surface area (Å²) in [5, 5.41) is 13.0. The molecule has 2 N–H and O–H groups in total. The molecular weight excluding hydrogens is 437 g/mol. The number of phenols is 1. The lowest BCUT2D eigenvalue weighted by Gasteiger charge is -2.10. The number of hydrogen-bond donors (Lipinski definition) is 2. The van der Waals surface area contributed by atoms with Crippen LogP contribution in [0.1, 0.15) is 35.7 Å². The van der Waals surface area contributed by atoms with E-state index < -0.39 is 5.82 Å². The number of rotatable bonds is 7. The molecule has 0 bridgehead atoms. The van der Waals surface area contributed by atoms with Crippen molar-refractivity contribution in [2.24, 2.45) is 0 Å². The first-order valence-electron chi connectivity index (χ1n) is 10.6. The van der Waals surface area contributed by atoms with Crippen LogP contribution in [0, 0.1) is 5.82 Å². The maximum atomic E-state index is 14.9. The summed E-state index contributed by atoms with van der Waals surface area (Å²) < 4.78 is 25.4. The number of hydrogen-bond acceptors (Lipinski definition) is 6. The van der Waals surface area contributed by atoms with Crippen molar-refractivity contribution in [1.82, 2.24) is 15.3 Å². The number of ether oxygens (including phenoxy) is 2. The summed E-state index contributed by atoms with van der Waals surface area (Å²) in [4.78, 5) is 20.9. The zero-order chi connectivity index (χ0) is 24.2. The Morgan fingerprint density at radius 2 is 1.91 bits per heavy atom. The molecule has 1 amide bonds. The summed E-state index contributed by atoms with van der Waals surface area (Å²) >= 11 is 0. The Morgan fingerprint density at radius 3 is 2.56 bits per heavy atom. The van der Waals surface area contributed by atoms with Crippen LogP contribution in [0.2, 0.25) is 0 Å². The third-order valence-electron chi connectivity index (χ3n) is 5.69. The van der Waals surface area contributed by atoms with E-state index in [1.54, 1.807) is 30.6 Å². The molecule has 4 rings (SSSR count). The van der Waals surface area contributed by atoms with Crippen LogP contribution in [0.25, 0.3) is 17.2 Å².